The summed E-state index contributed by atoms with van der Waals surface area (Å²) in [6, 6.07) is 4.39. The summed E-state index contributed by atoms with van der Waals surface area (Å²) < 4.78 is 4.52. The van der Waals surface area contributed by atoms with Crippen molar-refractivity contribution in [3.05, 3.63) is 28.8 Å². The lowest BCUT2D eigenvalue weighted by molar-refractivity contribution is -0.142. The van der Waals surface area contributed by atoms with Crippen LogP contribution in [-0.4, -0.2) is 19.1 Å². The molecule has 0 unspecified atom stereocenters. The Bertz CT molecular complexity index is 368. The van der Waals surface area contributed by atoms with E-state index in [4.69, 9.17) is 23.1 Å². The Morgan fingerprint density at radius 3 is 2.80 bits per heavy atom. The van der Waals surface area contributed by atoms with Gasteiger partial charge in [0.15, 0.2) is 0 Å². The molecule has 1 aromatic carbocycles. The molecule has 5 heteroatoms. The molecule has 0 saturated heterocycles. The fourth-order valence-electron chi connectivity index (χ4n) is 1.20. The Morgan fingerprint density at radius 1 is 1.60 bits per heavy atom. The van der Waals surface area contributed by atoms with Gasteiger partial charge in [0.05, 0.1) is 7.11 Å². The minimum Gasteiger partial charge on any atom is -0.468 e. The average molecular weight is 229 g/mol. The van der Waals surface area contributed by atoms with Gasteiger partial charge in [0.25, 0.3) is 0 Å². The standard InChI is InChI=1S/C10H13ClN2O2/c1-15-10(14)9(13)4-6-2-3-7(12)5-8(6)11/h2-3,5,9H,4,12-13H2,1H3/t9-/m1/s1. The minimum absolute atomic E-state index is 0.339. The average Bonchev–Trinajstić information content (AvgIpc) is 2.20. The molecular formula is C10H13ClN2O2. The lowest BCUT2D eigenvalue weighted by Crippen LogP contribution is -2.33. The number of hydrogen-bond acceptors (Lipinski definition) is 4. The molecule has 82 valence electrons. The largest absolute Gasteiger partial charge is 0.468 e. The van der Waals surface area contributed by atoms with E-state index < -0.39 is 12.0 Å². The molecule has 0 bridgehead atoms. The number of anilines is 1. The third-order valence-corrected chi connectivity index (χ3v) is 2.37. The number of halogens is 1. The second kappa shape index (κ2) is 5.00. The van der Waals surface area contributed by atoms with E-state index in [-0.39, 0.29) is 0 Å². The van der Waals surface area contributed by atoms with Gasteiger partial charge in [-0.1, -0.05) is 17.7 Å². The van der Waals surface area contributed by atoms with E-state index in [1.807, 2.05) is 0 Å². The molecule has 0 saturated carbocycles. The smallest absolute Gasteiger partial charge is 0.322 e. The quantitative estimate of drug-likeness (QED) is 0.597. The van der Waals surface area contributed by atoms with Crippen molar-refractivity contribution in [2.45, 2.75) is 12.5 Å². The molecule has 4 nitrogen and oxygen atoms in total. The highest BCUT2D eigenvalue weighted by Gasteiger charge is 2.15. The van der Waals surface area contributed by atoms with Crippen LogP contribution in [0.2, 0.25) is 5.02 Å². The van der Waals surface area contributed by atoms with Crippen LogP contribution in [0.15, 0.2) is 18.2 Å². The van der Waals surface area contributed by atoms with Crippen molar-refractivity contribution in [3.8, 4) is 0 Å². The summed E-state index contributed by atoms with van der Waals surface area (Å²) in [5, 5.41) is 0.509. The van der Waals surface area contributed by atoms with Crippen LogP contribution in [0.5, 0.6) is 0 Å². The summed E-state index contributed by atoms with van der Waals surface area (Å²) >= 11 is 5.93. The van der Waals surface area contributed by atoms with E-state index in [0.717, 1.165) is 5.56 Å². The van der Waals surface area contributed by atoms with E-state index in [1.54, 1.807) is 18.2 Å². The molecule has 0 spiro atoms. The number of rotatable bonds is 3. The topological polar surface area (TPSA) is 78.3 Å². The Balaban J connectivity index is 2.76. The predicted molar refractivity (Wildman–Crippen MR) is 59.6 cm³/mol. The maximum atomic E-state index is 11.1. The molecule has 1 atom stereocenters. The monoisotopic (exact) mass is 228 g/mol. The zero-order chi connectivity index (χ0) is 11.4. The van der Waals surface area contributed by atoms with Crippen molar-refractivity contribution in [1.29, 1.82) is 0 Å². The van der Waals surface area contributed by atoms with Crippen LogP contribution in [0.3, 0.4) is 0 Å². The first-order chi connectivity index (χ1) is 7.04. The van der Waals surface area contributed by atoms with Crippen molar-refractivity contribution in [1.82, 2.24) is 0 Å². The first-order valence-corrected chi connectivity index (χ1v) is 4.79. The maximum Gasteiger partial charge on any atom is 0.322 e. The minimum atomic E-state index is -0.698. The number of carbonyl (C=O) groups excluding carboxylic acids is 1. The summed E-state index contributed by atoms with van der Waals surface area (Å²) in [5.41, 5.74) is 12.5. The van der Waals surface area contributed by atoms with Gasteiger partial charge in [0.2, 0.25) is 0 Å². The Hall–Kier alpha value is -1.26. The maximum absolute atomic E-state index is 11.1. The molecular weight excluding hydrogens is 216 g/mol. The number of nitrogen functional groups attached to an aromatic ring is 1. The number of carbonyl (C=O) groups is 1. The SMILES string of the molecule is COC(=O)[C@H](N)Cc1ccc(N)cc1Cl. The second-order valence-electron chi connectivity index (χ2n) is 3.18. The van der Waals surface area contributed by atoms with Gasteiger partial charge in [-0.2, -0.15) is 0 Å². The van der Waals surface area contributed by atoms with Gasteiger partial charge in [-0.3, -0.25) is 4.79 Å². The first kappa shape index (κ1) is 11.8. The molecule has 4 N–H and O–H groups in total. The van der Waals surface area contributed by atoms with E-state index in [0.29, 0.717) is 17.1 Å². The third kappa shape index (κ3) is 3.11. The highest BCUT2D eigenvalue weighted by Crippen LogP contribution is 2.20. The van der Waals surface area contributed by atoms with Crippen molar-refractivity contribution < 1.29 is 9.53 Å². The molecule has 0 amide bonds. The third-order valence-electron chi connectivity index (χ3n) is 2.02. The van der Waals surface area contributed by atoms with Crippen molar-refractivity contribution in [2.24, 2.45) is 5.73 Å². The van der Waals surface area contributed by atoms with E-state index in [2.05, 4.69) is 4.74 Å². The number of hydrogen-bond donors (Lipinski definition) is 2. The molecule has 1 aromatic rings. The molecule has 0 radical (unpaired) electrons. The van der Waals surface area contributed by atoms with Gasteiger partial charge in [-0.25, -0.2) is 0 Å². The van der Waals surface area contributed by atoms with Crippen LogP contribution >= 0.6 is 11.6 Å². The van der Waals surface area contributed by atoms with Crippen molar-refractivity contribution in [2.75, 3.05) is 12.8 Å². The molecule has 15 heavy (non-hydrogen) atoms. The summed E-state index contributed by atoms with van der Waals surface area (Å²) in [6.07, 6.45) is 0.339. The van der Waals surface area contributed by atoms with Gasteiger partial charge in [0, 0.05) is 10.7 Å². The first-order valence-electron chi connectivity index (χ1n) is 4.42. The highest BCUT2D eigenvalue weighted by molar-refractivity contribution is 6.31. The van der Waals surface area contributed by atoms with Crippen LogP contribution in [0, 0.1) is 0 Å². The summed E-state index contributed by atoms with van der Waals surface area (Å²) in [4.78, 5) is 11.1. The van der Waals surface area contributed by atoms with Crippen molar-refractivity contribution in [3.63, 3.8) is 0 Å². The zero-order valence-electron chi connectivity index (χ0n) is 8.37. The van der Waals surface area contributed by atoms with Crippen molar-refractivity contribution >= 4 is 23.3 Å². The lowest BCUT2D eigenvalue weighted by Gasteiger charge is -2.10. The Labute approximate surface area is 93.1 Å². The fourth-order valence-corrected chi connectivity index (χ4v) is 1.47. The van der Waals surface area contributed by atoms with E-state index in [9.17, 15) is 4.79 Å². The summed E-state index contributed by atoms with van der Waals surface area (Å²) in [6.45, 7) is 0. The number of ether oxygens (including phenoxy) is 1. The van der Waals surface area contributed by atoms with Gasteiger partial charge in [0.1, 0.15) is 6.04 Å². The van der Waals surface area contributed by atoms with Gasteiger partial charge >= 0.3 is 5.97 Å². The molecule has 1 rings (SSSR count). The molecule has 0 heterocycles. The number of methoxy groups -OCH3 is 1. The fraction of sp³-hybridized carbons (Fsp3) is 0.300. The Kier molecular flexibility index (Phi) is 3.94. The van der Waals surface area contributed by atoms with Crippen LogP contribution in [0.1, 0.15) is 5.56 Å². The number of benzene rings is 1. The molecule has 0 fully saturated rings. The molecule has 0 aliphatic rings. The van der Waals surface area contributed by atoms with Crippen LogP contribution < -0.4 is 11.5 Å². The lowest BCUT2D eigenvalue weighted by atomic mass is 10.1. The summed E-state index contributed by atoms with van der Waals surface area (Å²) in [7, 11) is 1.30. The Morgan fingerprint density at radius 2 is 2.27 bits per heavy atom. The molecule has 0 aliphatic carbocycles. The second-order valence-corrected chi connectivity index (χ2v) is 3.59. The predicted octanol–water partition coefficient (Wildman–Crippen LogP) is 0.965. The van der Waals surface area contributed by atoms with Gasteiger partial charge in [-0.15, -0.1) is 0 Å². The van der Waals surface area contributed by atoms with E-state index >= 15 is 0 Å². The van der Waals surface area contributed by atoms with Crippen LogP contribution in [0.4, 0.5) is 5.69 Å². The van der Waals surface area contributed by atoms with Gasteiger partial charge in [-0.05, 0) is 24.1 Å². The molecule has 0 aliphatic heterocycles. The van der Waals surface area contributed by atoms with Gasteiger partial charge < -0.3 is 16.2 Å². The van der Waals surface area contributed by atoms with Crippen LogP contribution in [-0.2, 0) is 16.0 Å². The molecule has 0 aromatic heterocycles. The highest BCUT2D eigenvalue weighted by atomic mass is 35.5. The number of esters is 1. The summed E-state index contributed by atoms with van der Waals surface area (Å²) in [5.74, 6) is -0.456. The van der Waals surface area contributed by atoms with E-state index in [1.165, 1.54) is 7.11 Å². The zero-order valence-corrected chi connectivity index (χ0v) is 9.12. The number of nitrogens with two attached hydrogens (primary N) is 2. The normalized spacial score (nSPS) is 12.2. The van der Waals surface area contributed by atoms with Crippen LogP contribution in [0.25, 0.3) is 0 Å².